The second-order valence-corrected chi connectivity index (χ2v) is 13.8. The zero-order chi connectivity index (χ0) is 26.1. The minimum atomic E-state index is 0.0244. The molecule has 0 amide bonds. The fourth-order valence-corrected chi connectivity index (χ4v) is 8.70. The van der Waals surface area contributed by atoms with Crippen LogP contribution < -0.4 is 0 Å². The molecule has 0 heterocycles. The molecule has 0 aromatic heterocycles. The molecule has 3 aromatic rings. The number of rotatable bonds is 4. The van der Waals surface area contributed by atoms with Gasteiger partial charge >= 0.3 is 0 Å². The van der Waals surface area contributed by atoms with Crippen molar-refractivity contribution in [2.24, 2.45) is 17.8 Å². The van der Waals surface area contributed by atoms with Gasteiger partial charge in [0.05, 0.1) is 0 Å². The Kier molecular flexibility index (Phi) is 5.52. The molecule has 1 N–H and O–H groups in total. The van der Waals surface area contributed by atoms with Crippen LogP contribution in [0.15, 0.2) is 78.9 Å². The summed E-state index contributed by atoms with van der Waals surface area (Å²) in [6, 6.07) is 26.3. The molecule has 0 atom stereocenters. The number of benzene rings is 3. The van der Waals surface area contributed by atoms with Gasteiger partial charge in [0.25, 0.3) is 0 Å². The lowest BCUT2D eigenvalue weighted by atomic mass is 9.47. The van der Waals surface area contributed by atoms with Crippen molar-refractivity contribution in [3.8, 4) is 5.75 Å². The van der Waals surface area contributed by atoms with E-state index in [9.17, 15) is 5.11 Å². The summed E-state index contributed by atoms with van der Waals surface area (Å²) in [6.07, 6.45) is 11.3. The van der Waals surface area contributed by atoms with Gasteiger partial charge in [-0.05, 0) is 119 Å². The van der Waals surface area contributed by atoms with Gasteiger partial charge < -0.3 is 5.11 Å². The highest BCUT2D eigenvalue weighted by Crippen LogP contribution is 2.62. The van der Waals surface area contributed by atoms with Gasteiger partial charge in [0, 0.05) is 11.1 Å². The average Bonchev–Trinajstić information content (AvgIpc) is 3.34. The maximum atomic E-state index is 12.2. The van der Waals surface area contributed by atoms with Crippen molar-refractivity contribution in [1.29, 1.82) is 0 Å². The third kappa shape index (κ3) is 3.98. The van der Waals surface area contributed by atoms with Crippen LogP contribution in [0.4, 0.5) is 0 Å². The molecular formula is C37H40O. The number of hydrogen-bond donors (Lipinski definition) is 1. The molecule has 194 valence electrons. The van der Waals surface area contributed by atoms with Crippen molar-refractivity contribution in [2.45, 2.75) is 76.5 Å². The van der Waals surface area contributed by atoms with Gasteiger partial charge in [0.2, 0.25) is 0 Å². The van der Waals surface area contributed by atoms with Crippen molar-refractivity contribution in [3.63, 3.8) is 0 Å². The van der Waals surface area contributed by atoms with Crippen LogP contribution in [0.3, 0.4) is 0 Å². The first-order chi connectivity index (χ1) is 18.3. The first-order valence-electron chi connectivity index (χ1n) is 14.7. The normalized spacial score (nSPS) is 28.2. The third-order valence-corrected chi connectivity index (χ3v) is 10.1. The first kappa shape index (κ1) is 24.0. The molecule has 38 heavy (non-hydrogen) atoms. The summed E-state index contributed by atoms with van der Waals surface area (Å²) < 4.78 is 0. The number of hydrogen-bond acceptors (Lipinski definition) is 1. The van der Waals surface area contributed by atoms with E-state index in [4.69, 9.17) is 0 Å². The highest BCUT2D eigenvalue weighted by atomic mass is 16.3. The lowest BCUT2D eigenvalue weighted by Crippen LogP contribution is -2.48. The molecule has 0 radical (unpaired) electrons. The van der Waals surface area contributed by atoms with E-state index >= 15 is 0 Å². The fraction of sp³-hybridized carbons (Fsp3) is 0.405. The minimum absolute atomic E-state index is 0.0244. The summed E-state index contributed by atoms with van der Waals surface area (Å²) in [6.45, 7) is 6.95. The second-order valence-electron chi connectivity index (χ2n) is 13.8. The Bertz CT molecular complexity index is 1400. The Hall–Kier alpha value is -3.06. The molecule has 3 aromatic carbocycles. The number of aromatic hydroxyl groups is 1. The van der Waals surface area contributed by atoms with E-state index in [1.807, 2.05) is 0 Å². The zero-order valence-corrected chi connectivity index (χ0v) is 23.1. The lowest BCUT2D eigenvalue weighted by Gasteiger charge is -2.57. The SMILES string of the molecule is CC(C)(C)c1cc(C2=CC(c3ccccc3)=C(c3ccccc3)C2)c(O)c(C23CC4CC(CC(C4)C2)C3)c1. The first-order valence-corrected chi connectivity index (χ1v) is 14.7. The molecule has 1 nitrogen and oxygen atoms in total. The summed E-state index contributed by atoms with van der Waals surface area (Å²) in [5, 5.41) is 12.2. The lowest BCUT2D eigenvalue weighted by molar-refractivity contribution is -0.00620. The fourth-order valence-electron chi connectivity index (χ4n) is 8.70. The molecule has 0 unspecified atom stereocenters. The van der Waals surface area contributed by atoms with Crippen molar-refractivity contribution < 1.29 is 5.11 Å². The summed E-state index contributed by atoms with van der Waals surface area (Å²) in [5.74, 6) is 3.12. The van der Waals surface area contributed by atoms with Crippen LogP contribution in [-0.4, -0.2) is 5.11 Å². The van der Waals surface area contributed by atoms with E-state index in [2.05, 4.69) is 99.6 Å². The van der Waals surface area contributed by atoms with Crippen LogP contribution in [0.2, 0.25) is 0 Å². The van der Waals surface area contributed by atoms with Crippen LogP contribution in [0.5, 0.6) is 5.75 Å². The summed E-state index contributed by atoms with van der Waals surface area (Å²) in [5.41, 5.74) is 10.2. The molecular weight excluding hydrogens is 460 g/mol. The molecule has 0 saturated heterocycles. The standard InChI is InChI=1S/C37H40O/c1-36(2,3)30-19-33(35(38)34(20-30)37-21-24-14-25(22-37)16-26(15-24)23-37)29-17-31(27-10-6-4-7-11-27)32(18-29)28-12-8-5-9-13-28/h4-13,17,19-20,24-26,38H,14-16,18,21-23H2,1-3H3. The quantitative estimate of drug-likeness (QED) is 0.378. The van der Waals surface area contributed by atoms with Gasteiger partial charge in [-0.25, -0.2) is 0 Å². The van der Waals surface area contributed by atoms with E-state index in [1.165, 1.54) is 77.5 Å². The smallest absolute Gasteiger partial charge is 0.126 e. The van der Waals surface area contributed by atoms with Crippen LogP contribution in [0.25, 0.3) is 16.7 Å². The Morgan fingerprint density at radius 2 is 1.29 bits per heavy atom. The topological polar surface area (TPSA) is 20.2 Å². The average molecular weight is 501 g/mol. The largest absolute Gasteiger partial charge is 0.507 e. The van der Waals surface area contributed by atoms with Crippen molar-refractivity contribution in [2.75, 3.05) is 0 Å². The summed E-state index contributed by atoms with van der Waals surface area (Å²) in [7, 11) is 0. The Morgan fingerprint density at radius 3 is 1.84 bits per heavy atom. The van der Waals surface area contributed by atoms with Gasteiger partial charge in [0.15, 0.2) is 0 Å². The van der Waals surface area contributed by atoms with E-state index in [-0.39, 0.29) is 10.8 Å². The van der Waals surface area contributed by atoms with Crippen LogP contribution in [0.1, 0.15) is 93.5 Å². The zero-order valence-electron chi connectivity index (χ0n) is 23.1. The molecule has 5 aliphatic carbocycles. The molecule has 0 aliphatic heterocycles. The second kappa shape index (κ2) is 8.73. The highest BCUT2D eigenvalue weighted by Gasteiger charge is 2.52. The summed E-state index contributed by atoms with van der Waals surface area (Å²) in [4.78, 5) is 0. The van der Waals surface area contributed by atoms with Crippen LogP contribution in [-0.2, 0) is 10.8 Å². The highest BCUT2D eigenvalue weighted by molar-refractivity contribution is 6.07. The predicted molar refractivity (Wildman–Crippen MR) is 159 cm³/mol. The van der Waals surface area contributed by atoms with Gasteiger partial charge in [-0.1, -0.05) is 87.5 Å². The van der Waals surface area contributed by atoms with Crippen LogP contribution in [0, 0.1) is 17.8 Å². The molecule has 4 bridgehead atoms. The molecule has 8 rings (SSSR count). The number of allylic oxidation sites excluding steroid dienone is 4. The van der Waals surface area contributed by atoms with Gasteiger partial charge in [0.1, 0.15) is 5.75 Å². The minimum Gasteiger partial charge on any atom is -0.507 e. The molecule has 1 heteroatoms. The van der Waals surface area contributed by atoms with E-state index < -0.39 is 0 Å². The Morgan fingerprint density at radius 1 is 0.737 bits per heavy atom. The third-order valence-electron chi connectivity index (χ3n) is 10.1. The molecule has 4 saturated carbocycles. The Labute approximate surface area is 228 Å². The van der Waals surface area contributed by atoms with Crippen molar-refractivity contribution in [3.05, 3.63) is 107 Å². The van der Waals surface area contributed by atoms with Gasteiger partial charge in [-0.2, -0.15) is 0 Å². The maximum Gasteiger partial charge on any atom is 0.126 e. The van der Waals surface area contributed by atoms with E-state index in [0.717, 1.165) is 29.7 Å². The van der Waals surface area contributed by atoms with Crippen LogP contribution >= 0.6 is 0 Å². The maximum absolute atomic E-state index is 12.2. The molecule has 5 aliphatic rings. The Balaban J connectivity index is 1.37. The van der Waals surface area contributed by atoms with Gasteiger partial charge in [-0.15, -0.1) is 0 Å². The molecule has 4 fully saturated rings. The predicted octanol–water partition coefficient (Wildman–Crippen LogP) is 9.56. The molecule has 0 spiro atoms. The van der Waals surface area contributed by atoms with Gasteiger partial charge in [-0.3, -0.25) is 0 Å². The number of phenolic OH excluding ortho intramolecular Hbond substituents is 1. The number of phenols is 1. The van der Waals surface area contributed by atoms with Crippen molar-refractivity contribution >= 4 is 16.7 Å². The van der Waals surface area contributed by atoms with Crippen molar-refractivity contribution in [1.82, 2.24) is 0 Å². The van der Waals surface area contributed by atoms with E-state index in [0.29, 0.717) is 5.75 Å². The summed E-state index contributed by atoms with van der Waals surface area (Å²) >= 11 is 0. The van der Waals surface area contributed by atoms with E-state index in [1.54, 1.807) is 0 Å². The monoisotopic (exact) mass is 500 g/mol.